The molecule has 2 nitrogen and oxygen atoms in total. The van der Waals surface area contributed by atoms with Gasteiger partial charge in [-0.2, -0.15) is 0 Å². The van der Waals surface area contributed by atoms with Crippen LogP contribution in [0.5, 0.6) is 0 Å². The molecule has 0 amide bonds. The summed E-state index contributed by atoms with van der Waals surface area (Å²) in [6.07, 6.45) is 2.32. The molecule has 2 heteroatoms. The molecule has 1 heterocycles. The third kappa shape index (κ3) is 2.39. The highest BCUT2D eigenvalue weighted by Crippen LogP contribution is 2.18. The number of aliphatic hydroxyl groups is 1. The number of nitrogens with one attached hydrogen (secondary N) is 1. The first-order valence-corrected chi connectivity index (χ1v) is 4.01. The van der Waals surface area contributed by atoms with Crippen LogP contribution in [0.3, 0.4) is 0 Å². The Morgan fingerprint density at radius 3 is 2.73 bits per heavy atom. The second-order valence-corrected chi connectivity index (χ2v) is 3.27. The standard InChI is InChI=1S/C9H15NO/c1-7(2)6-9(11)8-4-3-5-10-8/h3-5,7,9-11H,6H2,1-2H3. The maximum absolute atomic E-state index is 9.55. The van der Waals surface area contributed by atoms with Crippen molar-refractivity contribution in [3.05, 3.63) is 24.0 Å². The summed E-state index contributed by atoms with van der Waals surface area (Å²) in [5.74, 6) is 0.535. The Kier molecular flexibility index (Phi) is 2.71. The first kappa shape index (κ1) is 8.34. The Hall–Kier alpha value is -0.760. The topological polar surface area (TPSA) is 36.0 Å². The Bertz CT molecular complexity index is 191. The Morgan fingerprint density at radius 1 is 1.55 bits per heavy atom. The minimum Gasteiger partial charge on any atom is -0.387 e. The zero-order chi connectivity index (χ0) is 8.27. The highest BCUT2D eigenvalue weighted by molar-refractivity contribution is 5.06. The number of hydrogen-bond acceptors (Lipinski definition) is 1. The van der Waals surface area contributed by atoms with Crippen molar-refractivity contribution < 1.29 is 5.11 Å². The molecule has 0 aliphatic rings. The van der Waals surface area contributed by atoms with E-state index in [2.05, 4.69) is 18.8 Å². The van der Waals surface area contributed by atoms with Gasteiger partial charge in [-0.1, -0.05) is 13.8 Å². The summed E-state index contributed by atoms with van der Waals surface area (Å²) in [5.41, 5.74) is 0.915. The lowest BCUT2D eigenvalue weighted by molar-refractivity contribution is 0.147. The van der Waals surface area contributed by atoms with Gasteiger partial charge >= 0.3 is 0 Å². The minimum absolute atomic E-state index is 0.329. The van der Waals surface area contributed by atoms with Crippen molar-refractivity contribution in [2.75, 3.05) is 0 Å². The van der Waals surface area contributed by atoms with Crippen LogP contribution in [0.2, 0.25) is 0 Å². The molecule has 0 spiro atoms. The predicted molar refractivity (Wildman–Crippen MR) is 45.2 cm³/mol. The number of hydrogen-bond donors (Lipinski definition) is 2. The first-order valence-electron chi connectivity index (χ1n) is 4.01. The molecule has 0 radical (unpaired) electrons. The number of aromatic amines is 1. The maximum atomic E-state index is 9.55. The lowest BCUT2D eigenvalue weighted by Gasteiger charge is -2.10. The van der Waals surface area contributed by atoms with Crippen LogP contribution in [-0.2, 0) is 0 Å². The molecule has 1 aromatic heterocycles. The third-order valence-corrected chi connectivity index (χ3v) is 1.68. The molecular weight excluding hydrogens is 138 g/mol. The fraction of sp³-hybridized carbons (Fsp3) is 0.556. The summed E-state index contributed by atoms with van der Waals surface area (Å²) in [5, 5.41) is 9.55. The fourth-order valence-electron chi connectivity index (χ4n) is 1.12. The second kappa shape index (κ2) is 3.58. The van der Waals surface area contributed by atoms with Gasteiger partial charge in [-0.15, -0.1) is 0 Å². The van der Waals surface area contributed by atoms with Gasteiger partial charge < -0.3 is 10.1 Å². The molecule has 11 heavy (non-hydrogen) atoms. The van der Waals surface area contributed by atoms with Crippen molar-refractivity contribution in [3.63, 3.8) is 0 Å². The van der Waals surface area contributed by atoms with E-state index in [1.165, 1.54) is 0 Å². The summed E-state index contributed by atoms with van der Waals surface area (Å²) < 4.78 is 0. The van der Waals surface area contributed by atoms with Crippen LogP contribution in [0.1, 0.15) is 32.1 Å². The summed E-state index contributed by atoms with van der Waals surface area (Å²) in [6, 6.07) is 3.81. The van der Waals surface area contributed by atoms with E-state index in [0.717, 1.165) is 12.1 Å². The van der Waals surface area contributed by atoms with E-state index in [9.17, 15) is 5.11 Å². The largest absolute Gasteiger partial charge is 0.387 e. The van der Waals surface area contributed by atoms with Crippen LogP contribution in [-0.4, -0.2) is 10.1 Å². The van der Waals surface area contributed by atoms with Crippen LogP contribution in [0, 0.1) is 5.92 Å². The number of aliphatic hydroxyl groups excluding tert-OH is 1. The normalized spacial score (nSPS) is 13.8. The molecule has 1 unspecified atom stereocenters. The maximum Gasteiger partial charge on any atom is 0.0940 e. The molecule has 0 saturated heterocycles. The van der Waals surface area contributed by atoms with E-state index in [-0.39, 0.29) is 6.10 Å². The average Bonchev–Trinajstić information content (AvgIpc) is 2.35. The quantitative estimate of drug-likeness (QED) is 0.685. The molecule has 2 N–H and O–H groups in total. The fourth-order valence-corrected chi connectivity index (χ4v) is 1.12. The molecule has 0 bridgehead atoms. The van der Waals surface area contributed by atoms with Gasteiger partial charge in [0.2, 0.25) is 0 Å². The van der Waals surface area contributed by atoms with Gasteiger partial charge in [-0.3, -0.25) is 0 Å². The lowest BCUT2D eigenvalue weighted by Crippen LogP contribution is -2.01. The average molecular weight is 153 g/mol. The van der Waals surface area contributed by atoms with Gasteiger partial charge in [0.15, 0.2) is 0 Å². The molecule has 1 rings (SSSR count). The van der Waals surface area contributed by atoms with Crippen LogP contribution >= 0.6 is 0 Å². The molecule has 0 aromatic carbocycles. The van der Waals surface area contributed by atoms with Crippen molar-refractivity contribution >= 4 is 0 Å². The smallest absolute Gasteiger partial charge is 0.0940 e. The number of aromatic nitrogens is 1. The summed E-state index contributed by atoms with van der Waals surface area (Å²) in [6.45, 7) is 4.21. The summed E-state index contributed by atoms with van der Waals surface area (Å²) in [7, 11) is 0. The molecule has 1 aromatic rings. The van der Waals surface area contributed by atoms with Gasteiger partial charge in [0, 0.05) is 11.9 Å². The molecule has 62 valence electrons. The van der Waals surface area contributed by atoms with Gasteiger partial charge in [-0.05, 0) is 24.5 Å². The van der Waals surface area contributed by atoms with Crippen molar-refractivity contribution in [1.29, 1.82) is 0 Å². The SMILES string of the molecule is CC(C)CC(O)c1ccc[nH]1. The van der Waals surface area contributed by atoms with Crippen LogP contribution in [0.25, 0.3) is 0 Å². The summed E-state index contributed by atoms with van der Waals surface area (Å²) in [4.78, 5) is 2.99. The van der Waals surface area contributed by atoms with Gasteiger partial charge in [0.05, 0.1) is 6.10 Å². The van der Waals surface area contributed by atoms with E-state index in [1.807, 2.05) is 18.3 Å². The van der Waals surface area contributed by atoms with Gasteiger partial charge in [0.1, 0.15) is 0 Å². The van der Waals surface area contributed by atoms with Crippen molar-refractivity contribution in [1.82, 2.24) is 4.98 Å². The lowest BCUT2D eigenvalue weighted by atomic mass is 10.0. The molecular formula is C9H15NO. The van der Waals surface area contributed by atoms with E-state index >= 15 is 0 Å². The Labute approximate surface area is 67.3 Å². The van der Waals surface area contributed by atoms with Crippen LogP contribution in [0.15, 0.2) is 18.3 Å². The van der Waals surface area contributed by atoms with Crippen molar-refractivity contribution in [2.45, 2.75) is 26.4 Å². The second-order valence-electron chi connectivity index (χ2n) is 3.27. The zero-order valence-corrected chi connectivity index (χ0v) is 7.04. The van der Waals surface area contributed by atoms with E-state index < -0.39 is 0 Å². The van der Waals surface area contributed by atoms with E-state index in [1.54, 1.807) is 0 Å². The number of H-pyrrole nitrogens is 1. The monoisotopic (exact) mass is 153 g/mol. The molecule has 0 fully saturated rings. The first-order chi connectivity index (χ1) is 5.20. The highest BCUT2D eigenvalue weighted by Gasteiger charge is 2.09. The Balaban J connectivity index is 2.49. The Morgan fingerprint density at radius 2 is 2.27 bits per heavy atom. The summed E-state index contributed by atoms with van der Waals surface area (Å²) >= 11 is 0. The minimum atomic E-state index is -0.329. The van der Waals surface area contributed by atoms with Gasteiger partial charge in [0.25, 0.3) is 0 Å². The molecule has 0 aliphatic heterocycles. The van der Waals surface area contributed by atoms with E-state index in [4.69, 9.17) is 0 Å². The number of rotatable bonds is 3. The third-order valence-electron chi connectivity index (χ3n) is 1.68. The zero-order valence-electron chi connectivity index (χ0n) is 7.04. The molecule has 0 saturated carbocycles. The van der Waals surface area contributed by atoms with Gasteiger partial charge in [-0.25, -0.2) is 0 Å². The molecule has 0 aliphatic carbocycles. The van der Waals surface area contributed by atoms with Crippen molar-refractivity contribution in [2.24, 2.45) is 5.92 Å². The van der Waals surface area contributed by atoms with Crippen LogP contribution in [0.4, 0.5) is 0 Å². The van der Waals surface area contributed by atoms with Crippen LogP contribution < -0.4 is 0 Å². The molecule has 1 atom stereocenters. The van der Waals surface area contributed by atoms with E-state index in [0.29, 0.717) is 5.92 Å². The van der Waals surface area contributed by atoms with Crippen molar-refractivity contribution in [3.8, 4) is 0 Å². The predicted octanol–water partition coefficient (Wildman–Crippen LogP) is 2.09. The highest BCUT2D eigenvalue weighted by atomic mass is 16.3.